The van der Waals surface area contributed by atoms with Crippen LogP contribution in [0.3, 0.4) is 0 Å². The number of hydrogen-bond acceptors (Lipinski definition) is 2. The maximum absolute atomic E-state index is 9.88. The summed E-state index contributed by atoms with van der Waals surface area (Å²) in [5, 5.41) is 18.5. The Morgan fingerprint density at radius 3 is 2.31 bits per heavy atom. The van der Waals surface area contributed by atoms with Crippen LogP contribution in [0.1, 0.15) is 17.5 Å². The van der Waals surface area contributed by atoms with Crippen molar-refractivity contribution < 1.29 is 5.11 Å². The van der Waals surface area contributed by atoms with Crippen LogP contribution in [0, 0.1) is 11.3 Å². The molecule has 1 aromatic rings. The van der Waals surface area contributed by atoms with Gasteiger partial charge in [-0.25, -0.2) is 0 Å². The fourth-order valence-electron chi connectivity index (χ4n) is 1.39. The fourth-order valence-corrected chi connectivity index (χ4v) is 1.39. The van der Waals surface area contributed by atoms with Gasteiger partial charge in [0.1, 0.15) is 5.60 Å². The summed E-state index contributed by atoms with van der Waals surface area (Å²) in [4.78, 5) is 0. The molecule has 0 fully saturated rings. The van der Waals surface area contributed by atoms with E-state index < -0.39 is 5.60 Å². The molecule has 0 heterocycles. The van der Waals surface area contributed by atoms with Gasteiger partial charge in [0.25, 0.3) is 0 Å². The van der Waals surface area contributed by atoms with Gasteiger partial charge in [-0.1, -0.05) is 24.3 Å². The Hall–Kier alpha value is -1.59. The van der Waals surface area contributed by atoms with Crippen molar-refractivity contribution in [3.63, 3.8) is 0 Å². The van der Waals surface area contributed by atoms with Crippen molar-refractivity contribution in [3.8, 4) is 6.07 Å². The average Bonchev–Trinajstić information content (AvgIpc) is 2.14. The quantitative estimate of drug-likeness (QED) is 0.653. The van der Waals surface area contributed by atoms with Crippen molar-refractivity contribution in [2.45, 2.75) is 12.0 Å². The van der Waals surface area contributed by atoms with Crippen LogP contribution >= 0.6 is 0 Å². The zero-order chi connectivity index (χ0) is 9.31. The number of hydrogen-bond donors (Lipinski definition) is 1. The summed E-state index contributed by atoms with van der Waals surface area (Å²) in [5.41, 5.74) is 0.693. The SMILES string of the molecule is N#Cc1ccc(C2(O)C=CC2)cc1. The third-order valence-corrected chi connectivity index (χ3v) is 2.34. The Balaban J connectivity index is 2.34. The van der Waals surface area contributed by atoms with Crippen molar-refractivity contribution in [1.82, 2.24) is 0 Å². The monoisotopic (exact) mass is 171 g/mol. The summed E-state index contributed by atoms with van der Waals surface area (Å²) in [6, 6.07) is 9.07. The molecular formula is C11H9NO. The highest BCUT2D eigenvalue weighted by Crippen LogP contribution is 2.33. The van der Waals surface area contributed by atoms with E-state index in [2.05, 4.69) is 0 Å². The van der Waals surface area contributed by atoms with E-state index in [0.717, 1.165) is 5.56 Å². The van der Waals surface area contributed by atoms with Crippen LogP contribution in [-0.4, -0.2) is 5.11 Å². The molecule has 2 rings (SSSR count). The second kappa shape index (κ2) is 2.72. The third-order valence-electron chi connectivity index (χ3n) is 2.34. The minimum Gasteiger partial charge on any atom is -0.381 e. The Labute approximate surface area is 76.7 Å². The lowest BCUT2D eigenvalue weighted by Crippen LogP contribution is -2.27. The Morgan fingerprint density at radius 2 is 1.92 bits per heavy atom. The van der Waals surface area contributed by atoms with E-state index in [0.29, 0.717) is 12.0 Å². The highest BCUT2D eigenvalue weighted by molar-refractivity contribution is 5.38. The lowest BCUT2D eigenvalue weighted by Gasteiger charge is -2.30. The molecule has 2 nitrogen and oxygen atoms in total. The molecule has 0 spiro atoms. The number of nitrogens with zero attached hydrogens (tertiary/aromatic N) is 1. The zero-order valence-electron chi connectivity index (χ0n) is 7.07. The van der Waals surface area contributed by atoms with Crippen LogP contribution in [0.5, 0.6) is 0 Å². The predicted molar refractivity (Wildman–Crippen MR) is 48.8 cm³/mol. The molecule has 0 amide bonds. The molecule has 0 saturated carbocycles. The predicted octanol–water partition coefficient (Wildman–Crippen LogP) is 1.71. The normalized spacial score (nSPS) is 24.9. The van der Waals surface area contributed by atoms with Gasteiger partial charge in [0.05, 0.1) is 11.6 Å². The van der Waals surface area contributed by atoms with Crippen molar-refractivity contribution >= 4 is 0 Å². The maximum atomic E-state index is 9.88. The van der Waals surface area contributed by atoms with E-state index in [1.807, 2.05) is 12.1 Å². The Bertz CT molecular complexity index is 386. The largest absolute Gasteiger partial charge is 0.381 e. The van der Waals surface area contributed by atoms with Gasteiger partial charge in [0, 0.05) is 6.42 Å². The smallest absolute Gasteiger partial charge is 0.111 e. The first-order valence-electron chi connectivity index (χ1n) is 4.15. The number of nitriles is 1. The second-order valence-electron chi connectivity index (χ2n) is 3.22. The van der Waals surface area contributed by atoms with Crippen molar-refractivity contribution in [2.24, 2.45) is 0 Å². The van der Waals surface area contributed by atoms with Crippen LogP contribution in [0.25, 0.3) is 0 Å². The van der Waals surface area contributed by atoms with Crippen LogP contribution < -0.4 is 0 Å². The molecule has 13 heavy (non-hydrogen) atoms. The van der Waals surface area contributed by atoms with E-state index in [1.54, 1.807) is 30.3 Å². The first-order chi connectivity index (χ1) is 6.24. The summed E-state index contributed by atoms with van der Waals surface area (Å²) in [7, 11) is 0. The second-order valence-corrected chi connectivity index (χ2v) is 3.22. The average molecular weight is 171 g/mol. The van der Waals surface area contributed by atoms with Gasteiger partial charge in [-0.2, -0.15) is 5.26 Å². The van der Waals surface area contributed by atoms with Gasteiger partial charge < -0.3 is 5.11 Å². The first-order valence-corrected chi connectivity index (χ1v) is 4.15. The molecule has 0 radical (unpaired) electrons. The van der Waals surface area contributed by atoms with Crippen LogP contribution in [0.2, 0.25) is 0 Å². The van der Waals surface area contributed by atoms with E-state index in [1.165, 1.54) is 0 Å². The highest BCUT2D eigenvalue weighted by atomic mass is 16.3. The molecule has 2 heteroatoms. The molecule has 1 N–H and O–H groups in total. The van der Waals surface area contributed by atoms with Gasteiger partial charge in [-0.05, 0) is 17.7 Å². The van der Waals surface area contributed by atoms with E-state index in [9.17, 15) is 5.11 Å². The van der Waals surface area contributed by atoms with E-state index in [4.69, 9.17) is 5.26 Å². The van der Waals surface area contributed by atoms with Gasteiger partial charge in [0.15, 0.2) is 0 Å². The maximum Gasteiger partial charge on any atom is 0.111 e. The molecule has 0 bridgehead atoms. The summed E-state index contributed by atoms with van der Waals surface area (Å²) < 4.78 is 0. The molecule has 1 aliphatic rings. The van der Waals surface area contributed by atoms with E-state index >= 15 is 0 Å². The highest BCUT2D eigenvalue weighted by Gasteiger charge is 2.29. The standard InChI is InChI=1S/C11H9NO/c12-8-9-2-4-10(5-3-9)11(13)6-1-7-11/h1-6,13H,7H2. The van der Waals surface area contributed by atoms with Crippen molar-refractivity contribution in [1.29, 1.82) is 5.26 Å². The lowest BCUT2D eigenvalue weighted by atomic mass is 9.82. The lowest BCUT2D eigenvalue weighted by molar-refractivity contribution is 0.0750. The van der Waals surface area contributed by atoms with Crippen molar-refractivity contribution in [3.05, 3.63) is 47.5 Å². The third kappa shape index (κ3) is 1.24. The molecule has 0 aliphatic heterocycles. The molecule has 1 atom stereocenters. The van der Waals surface area contributed by atoms with Gasteiger partial charge in [-0.3, -0.25) is 0 Å². The Morgan fingerprint density at radius 1 is 1.31 bits per heavy atom. The minimum absolute atomic E-state index is 0.621. The molecule has 0 saturated heterocycles. The Kier molecular flexibility index (Phi) is 1.68. The van der Waals surface area contributed by atoms with Crippen LogP contribution in [0.15, 0.2) is 36.4 Å². The molecular weight excluding hydrogens is 162 g/mol. The zero-order valence-corrected chi connectivity index (χ0v) is 7.07. The topological polar surface area (TPSA) is 44.0 Å². The number of aliphatic hydroxyl groups is 1. The summed E-state index contributed by atoms with van der Waals surface area (Å²) >= 11 is 0. The number of rotatable bonds is 1. The molecule has 1 aromatic carbocycles. The van der Waals surface area contributed by atoms with Gasteiger partial charge >= 0.3 is 0 Å². The van der Waals surface area contributed by atoms with Crippen LogP contribution in [0.4, 0.5) is 0 Å². The summed E-state index contributed by atoms with van der Waals surface area (Å²) in [5.74, 6) is 0. The molecule has 1 aliphatic carbocycles. The minimum atomic E-state index is -0.784. The van der Waals surface area contributed by atoms with Gasteiger partial charge in [0.2, 0.25) is 0 Å². The molecule has 1 unspecified atom stereocenters. The van der Waals surface area contributed by atoms with Crippen LogP contribution in [-0.2, 0) is 5.60 Å². The van der Waals surface area contributed by atoms with Gasteiger partial charge in [-0.15, -0.1) is 0 Å². The van der Waals surface area contributed by atoms with Crippen molar-refractivity contribution in [2.75, 3.05) is 0 Å². The number of benzene rings is 1. The summed E-state index contributed by atoms with van der Waals surface area (Å²) in [6.07, 6.45) is 4.37. The first kappa shape index (κ1) is 8.03. The summed E-state index contributed by atoms with van der Waals surface area (Å²) in [6.45, 7) is 0. The molecule has 0 aromatic heterocycles. The fraction of sp³-hybridized carbons (Fsp3) is 0.182. The molecule has 64 valence electrons. The van der Waals surface area contributed by atoms with E-state index in [-0.39, 0.29) is 0 Å².